The number of amides is 1. The van der Waals surface area contributed by atoms with E-state index in [1.165, 1.54) is 17.8 Å². The Morgan fingerprint density at radius 1 is 0.909 bits per heavy atom. The van der Waals surface area contributed by atoms with Crippen molar-refractivity contribution < 1.29 is 14.1 Å². The lowest BCUT2D eigenvalue weighted by atomic mass is 10.0. The molecule has 0 aliphatic heterocycles. The smallest absolute Gasteiger partial charge is 0.306 e. The molecule has 164 valence electrons. The molecule has 0 spiro atoms. The molecule has 1 N–H and O–H groups in total. The molecule has 0 aliphatic carbocycles. The number of nitrogens with one attached hydrogen (secondary N) is 1. The van der Waals surface area contributed by atoms with Gasteiger partial charge in [0.05, 0.1) is 16.4 Å². The minimum absolute atomic E-state index is 0.0188. The van der Waals surface area contributed by atoms with E-state index in [1.54, 1.807) is 6.07 Å². The van der Waals surface area contributed by atoms with Crippen molar-refractivity contribution in [1.82, 2.24) is 10.2 Å². The average Bonchev–Trinajstić information content (AvgIpc) is 2.85. The zero-order valence-electron chi connectivity index (χ0n) is 17.1. The molecule has 0 bridgehead atoms. The van der Waals surface area contributed by atoms with Gasteiger partial charge in [0, 0.05) is 17.3 Å². The normalized spacial score (nSPS) is 10.6. The molecular weight excluding hydrogens is 443 g/mol. The lowest BCUT2D eigenvalue weighted by molar-refractivity contribution is -0.387. The van der Waals surface area contributed by atoms with E-state index in [0.29, 0.717) is 10.7 Å². The van der Waals surface area contributed by atoms with Gasteiger partial charge >= 0.3 is 5.69 Å². The third-order valence-corrected chi connectivity index (χ3v) is 5.63. The molecule has 0 saturated carbocycles. The summed E-state index contributed by atoms with van der Waals surface area (Å²) in [7, 11) is 0. The highest BCUT2D eigenvalue weighted by Crippen LogP contribution is 2.25. The molecule has 0 fully saturated rings. The second-order valence-electron chi connectivity index (χ2n) is 6.96. The highest BCUT2D eigenvalue weighted by atomic mass is 32.2. The molecule has 1 aromatic heterocycles. The highest BCUT2D eigenvalue weighted by Gasteiger charge is 2.15. The lowest BCUT2D eigenvalue weighted by Crippen LogP contribution is -2.14. The quantitative estimate of drug-likeness (QED) is 0.219. The predicted octanol–water partition coefficient (Wildman–Crippen LogP) is 5.59. The summed E-state index contributed by atoms with van der Waals surface area (Å²) >= 11 is 1.17. The number of rotatable bonds is 7. The molecule has 4 rings (SSSR count). The van der Waals surface area contributed by atoms with Gasteiger partial charge in [0.15, 0.2) is 0 Å². The van der Waals surface area contributed by atoms with Crippen LogP contribution in [0.2, 0.25) is 0 Å². The minimum Gasteiger partial charge on any atom is -0.325 e. The number of hydrogen-bond acceptors (Lipinski definition) is 6. The monoisotopic (exact) mass is 460 g/mol. The van der Waals surface area contributed by atoms with Crippen molar-refractivity contribution in [3.8, 4) is 22.4 Å². The first kappa shape index (κ1) is 22.1. The van der Waals surface area contributed by atoms with Crippen molar-refractivity contribution in [2.45, 2.75) is 5.03 Å². The van der Waals surface area contributed by atoms with Gasteiger partial charge in [0.25, 0.3) is 0 Å². The molecule has 33 heavy (non-hydrogen) atoms. The van der Waals surface area contributed by atoms with E-state index in [1.807, 2.05) is 60.7 Å². The Balaban J connectivity index is 1.35. The van der Waals surface area contributed by atoms with Crippen LogP contribution >= 0.6 is 11.8 Å². The van der Waals surface area contributed by atoms with E-state index in [2.05, 4.69) is 15.5 Å². The lowest BCUT2D eigenvalue weighted by Gasteiger charge is -2.06. The van der Waals surface area contributed by atoms with E-state index < -0.39 is 22.3 Å². The molecule has 1 amide bonds. The Morgan fingerprint density at radius 2 is 1.61 bits per heavy atom. The third kappa shape index (κ3) is 5.58. The Morgan fingerprint density at radius 3 is 2.27 bits per heavy atom. The maximum atomic E-state index is 13.4. The molecule has 0 atom stereocenters. The largest absolute Gasteiger partial charge is 0.325 e. The summed E-state index contributed by atoms with van der Waals surface area (Å²) < 4.78 is 13.4. The summed E-state index contributed by atoms with van der Waals surface area (Å²) in [5, 5.41) is 22.3. The van der Waals surface area contributed by atoms with Crippen LogP contribution in [0, 0.1) is 15.9 Å². The topological polar surface area (TPSA) is 98.0 Å². The van der Waals surface area contributed by atoms with Crippen molar-refractivity contribution in [2.75, 3.05) is 11.1 Å². The van der Waals surface area contributed by atoms with Gasteiger partial charge in [-0.05, 0) is 35.4 Å². The van der Waals surface area contributed by atoms with Gasteiger partial charge in [-0.3, -0.25) is 14.9 Å². The summed E-state index contributed by atoms with van der Waals surface area (Å²) in [4.78, 5) is 22.1. The fourth-order valence-electron chi connectivity index (χ4n) is 3.08. The second-order valence-corrected chi connectivity index (χ2v) is 7.96. The minimum atomic E-state index is -0.961. The number of carbonyl (C=O) groups excluding carboxylic acids is 1. The van der Waals surface area contributed by atoms with E-state index >= 15 is 0 Å². The van der Waals surface area contributed by atoms with Crippen molar-refractivity contribution in [2.24, 2.45) is 0 Å². The molecule has 1 heterocycles. The number of halogens is 1. The van der Waals surface area contributed by atoms with Crippen LogP contribution in [0.1, 0.15) is 0 Å². The first-order valence-electron chi connectivity index (χ1n) is 9.86. The van der Waals surface area contributed by atoms with E-state index in [0.717, 1.165) is 28.8 Å². The first-order valence-corrected chi connectivity index (χ1v) is 10.8. The number of benzene rings is 3. The Bertz CT molecular complexity index is 1280. The summed E-state index contributed by atoms with van der Waals surface area (Å²) in [6.07, 6.45) is 0. The molecular formula is C24H17FN4O3S. The Labute approximate surface area is 192 Å². The second kappa shape index (κ2) is 10.0. The summed E-state index contributed by atoms with van der Waals surface area (Å²) in [6, 6.07) is 24.9. The first-order chi connectivity index (χ1) is 16.0. The summed E-state index contributed by atoms with van der Waals surface area (Å²) in [5.74, 6) is -1.34. The highest BCUT2D eigenvalue weighted by molar-refractivity contribution is 7.99. The van der Waals surface area contributed by atoms with E-state index in [4.69, 9.17) is 0 Å². The number of nitro benzene ring substituents is 1. The Kier molecular flexibility index (Phi) is 6.70. The van der Waals surface area contributed by atoms with Gasteiger partial charge < -0.3 is 5.32 Å². The number of nitro groups is 1. The van der Waals surface area contributed by atoms with Crippen LogP contribution in [0.15, 0.2) is 90.0 Å². The van der Waals surface area contributed by atoms with Crippen LogP contribution in [0.3, 0.4) is 0 Å². The van der Waals surface area contributed by atoms with Crippen molar-refractivity contribution >= 4 is 29.0 Å². The zero-order chi connectivity index (χ0) is 23.2. The predicted molar refractivity (Wildman–Crippen MR) is 125 cm³/mol. The van der Waals surface area contributed by atoms with Crippen molar-refractivity contribution in [1.29, 1.82) is 0 Å². The molecule has 3 aromatic carbocycles. The van der Waals surface area contributed by atoms with Crippen LogP contribution in [-0.2, 0) is 4.79 Å². The molecule has 4 aromatic rings. The van der Waals surface area contributed by atoms with Crippen LogP contribution in [-0.4, -0.2) is 26.8 Å². The van der Waals surface area contributed by atoms with Gasteiger partial charge in [0.2, 0.25) is 11.7 Å². The van der Waals surface area contributed by atoms with Crippen LogP contribution in [0.4, 0.5) is 15.8 Å². The van der Waals surface area contributed by atoms with Gasteiger partial charge in [-0.25, -0.2) is 0 Å². The fraction of sp³-hybridized carbons (Fsp3) is 0.0417. The van der Waals surface area contributed by atoms with Crippen LogP contribution < -0.4 is 5.32 Å². The number of anilines is 1. The summed E-state index contributed by atoms with van der Waals surface area (Å²) in [6.45, 7) is 0. The number of nitrogens with zero attached hydrogens (tertiary/aromatic N) is 3. The number of carbonyl (C=O) groups is 1. The maximum Gasteiger partial charge on any atom is 0.306 e. The van der Waals surface area contributed by atoms with E-state index in [-0.39, 0.29) is 11.4 Å². The summed E-state index contributed by atoms with van der Waals surface area (Å²) in [5.41, 5.74) is 3.33. The van der Waals surface area contributed by atoms with Crippen LogP contribution in [0.5, 0.6) is 0 Å². The van der Waals surface area contributed by atoms with Gasteiger partial charge in [-0.2, -0.15) is 4.39 Å². The maximum absolute atomic E-state index is 13.4. The van der Waals surface area contributed by atoms with Gasteiger partial charge in [-0.1, -0.05) is 66.4 Å². The van der Waals surface area contributed by atoms with Gasteiger partial charge in [-0.15, -0.1) is 10.2 Å². The average molecular weight is 460 g/mol. The SMILES string of the molecule is O=C(CSc1ccc(-c2ccc(-c3ccccc3)cc2)nn1)Nc1ccc(F)c([N+](=O)[O-])c1. The molecule has 0 saturated heterocycles. The molecule has 7 nitrogen and oxygen atoms in total. The number of hydrogen-bond donors (Lipinski definition) is 1. The molecule has 9 heteroatoms. The molecule has 0 radical (unpaired) electrons. The van der Waals surface area contributed by atoms with Crippen LogP contribution in [0.25, 0.3) is 22.4 Å². The van der Waals surface area contributed by atoms with Crippen molar-refractivity contribution in [3.05, 3.63) is 101 Å². The Hall–Kier alpha value is -4.11. The zero-order valence-corrected chi connectivity index (χ0v) is 18.0. The fourth-order valence-corrected chi connectivity index (χ4v) is 3.70. The number of thioether (sulfide) groups is 1. The van der Waals surface area contributed by atoms with Gasteiger partial charge in [0.1, 0.15) is 5.03 Å². The standard InChI is InChI=1S/C24H17FN4O3S/c25-20-11-10-19(14-22(20)29(31)32)26-23(30)15-33-24-13-12-21(27-28-24)18-8-6-17(7-9-18)16-4-2-1-3-5-16/h1-14H,15H2,(H,26,30). The third-order valence-electron chi connectivity index (χ3n) is 4.71. The van der Waals surface area contributed by atoms with Crippen molar-refractivity contribution in [3.63, 3.8) is 0 Å². The van der Waals surface area contributed by atoms with E-state index in [9.17, 15) is 19.3 Å². The molecule has 0 aliphatic rings. The number of aromatic nitrogens is 2. The molecule has 0 unspecified atom stereocenters.